The van der Waals surface area contributed by atoms with E-state index in [0.717, 1.165) is 12.8 Å². The summed E-state index contributed by atoms with van der Waals surface area (Å²) < 4.78 is 5.63. The Morgan fingerprint density at radius 1 is 1.31 bits per heavy atom. The molecule has 1 aliphatic rings. The van der Waals surface area contributed by atoms with Gasteiger partial charge in [-0.05, 0) is 35.7 Å². The van der Waals surface area contributed by atoms with Crippen molar-refractivity contribution in [2.24, 2.45) is 0 Å². The number of ether oxygens (including phenoxy) is 1. The number of thioether (sulfide) groups is 1. The maximum Gasteiger partial charge on any atom is 0.296 e. The highest BCUT2D eigenvalue weighted by Crippen LogP contribution is 2.25. The molecule has 0 atom stereocenters. The van der Waals surface area contributed by atoms with Crippen LogP contribution in [0.3, 0.4) is 0 Å². The van der Waals surface area contributed by atoms with Crippen molar-refractivity contribution in [3.05, 3.63) is 0 Å². The van der Waals surface area contributed by atoms with Gasteiger partial charge < -0.3 is 10.5 Å². The van der Waals surface area contributed by atoms with E-state index >= 15 is 0 Å². The molecule has 1 aromatic rings. The van der Waals surface area contributed by atoms with E-state index in [1.54, 1.807) is 0 Å². The highest BCUT2D eigenvalue weighted by atomic mass is 32.2. The predicted molar refractivity (Wildman–Crippen MR) is 55.3 cm³/mol. The molecule has 1 aromatic heterocycles. The molecular weight excluding hydrogens is 206 g/mol. The van der Waals surface area contributed by atoms with Crippen molar-refractivity contribution >= 4 is 28.2 Å². The predicted octanol–water partition coefficient (Wildman–Crippen LogP) is 1.39. The van der Waals surface area contributed by atoms with Crippen LogP contribution in [0.15, 0.2) is 0 Å². The first-order valence-electron chi connectivity index (χ1n) is 4.18. The Hall–Kier alpha value is -0.490. The Morgan fingerprint density at radius 2 is 2.08 bits per heavy atom. The number of hydrogen-bond acceptors (Lipinski definition) is 6. The molecule has 2 N–H and O–H groups in total. The molecular formula is C7H11N3OS2. The van der Waals surface area contributed by atoms with Crippen LogP contribution in [0.25, 0.3) is 0 Å². The van der Waals surface area contributed by atoms with E-state index in [0.29, 0.717) is 16.4 Å². The number of anilines is 1. The van der Waals surface area contributed by atoms with Gasteiger partial charge in [-0.25, -0.2) is 0 Å². The zero-order chi connectivity index (χ0) is 9.10. The van der Waals surface area contributed by atoms with Crippen LogP contribution in [-0.2, 0) is 0 Å². The van der Waals surface area contributed by atoms with E-state index in [9.17, 15) is 0 Å². The summed E-state index contributed by atoms with van der Waals surface area (Å²) in [4.78, 5) is 0. The van der Waals surface area contributed by atoms with E-state index in [-0.39, 0.29) is 0 Å². The zero-order valence-corrected chi connectivity index (χ0v) is 8.74. The molecule has 2 rings (SSSR count). The van der Waals surface area contributed by atoms with E-state index in [4.69, 9.17) is 10.5 Å². The highest BCUT2D eigenvalue weighted by Gasteiger charge is 2.16. The third kappa shape index (κ3) is 2.47. The molecule has 13 heavy (non-hydrogen) atoms. The van der Waals surface area contributed by atoms with Gasteiger partial charge in [0.05, 0.1) is 0 Å². The molecule has 1 saturated heterocycles. The summed E-state index contributed by atoms with van der Waals surface area (Å²) in [6.45, 7) is 0. The molecule has 4 nitrogen and oxygen atoms in total. The second-order valence-corrected chi connectivity index (χ2v) is 5.03. The number of nitrogen functional groups attached to an aromatic ring is 1. The molecule has 0 radical (unpaired) electrons. The maximum atomic E-state index is 5.63. The van der Waals surface area contributed by atoms with Crippen LogP contribution in [0.1, 0.15) is 12.8 Å². The minimum absolute atomic E-state index is 0.314. The van der Waals surface area contributed by atoms with Crippen molar-refractivity contribution in [2.75, 3.05) is 17.2 Å². The summed E-state index contributed by atoms with van der Waals surface area (Å²) in [7, 11) is 0. The monoisotopic (exact) mass is 217 g/mol. The Balaban J connectivity index is 1.89. The first-order chi connectivity index (χ1) is 6.34. The second kappa shape index (κ2) is 4.15. The minimum Gasteiger partial charge on any atom is -0.466 e. The quantitative estimate of drug-likeness (QED) is 0.811. The molecule has 0 spiro atoms. The fourth-order valence-corrected chi connectivity index (χ4v) is 2.79. The third-order valence-corrected chi connectivity index (χ3v) is 3.55. The summed E-state index contributed by atoms with van der Waals surface area (Å²) in [6, 6.07) is 0. The van der Waals surface area contributed by atoms with Gasteiger partial charge in [0.2, 0.25) is 5.13 Å². The van der Waals surface area contributed by atoms with Crippen molar-refractivity contribution in [1.82, 2.24) is 10.2 Å². The molecule has 0 amide bonds. The second-order valence-electron chi connectivity index (χ2n) is 2.84. The molecule has 6 heteroatoms. The fourth-order valence-electron chi connectivity index (χ4n) is 1.20. The first-order valence-corrected chi connectivity index (χ1v) is 6.15. The summed E-state index contributed by atoms with van der Waals surface area (Å²) >= 11 is 3.29. The first kappa shape index (κ1) is 9.08. The summed E-state index contributed by atoms with van der Waals surface area (Å²) in [6.07, 6.45) is 2.52. The molecule has 72 valence electrons. The van der Waals surface area contributed by atoms with Gasteiger partial charge in [-0.1, -0.05) is 5.10 Å². The van der Waals surface area contributed by atoms with Crippen molar-refractivity contribution in [1.29, 1.82) is 0 Å². The molecule has 1 fully saturated rings. The van der Waals surface area contributed by atoms with Gasteiger partial charge in [-0.3, -0.25) is 0 Å². The number of nitrogens with two attached hydrogens (primary N) is 1. The summed E-state index contributed by atoms with van der Waals surface area (Å²) in [5.74, 6) is 2.36. The lowest BCUT2D eigenvalue weighted by Crippen LogP contribution is -2.21. The van der Waals surface area contributed by atoms with Crippen LogP contribution < -0.4 is 10.5 Å². The lowest BCUT2D eigenvalue weighted by atomic mass is 10.2. The van der Waals surface area contributed by atoms with Crippen molar-refractivity contribution in [3.63, 3.8) is 0 Å². The van der Waals surface area contributed by atoms with Crippen LogP contribution in [0.4, 0.5) is 5.13 Å². The highest BCUT2D eigenvalue weighted by molar-refractivity contribution is 7.99. The molecule has 0 aliphatic carbocycles. The number of aromatic nitrogens is 2. The zero-order valence-electron chi connectivity index (χ0n) is 7.10. The largest absolute Gasteiger partial charge is 0.466 e. The normalized spacial score (nSPS) is 18.8. The maximum absolute atomic E-state index is 5.63. The fraction of sp³-hybridized carbons (Fsp3) is 0.714. The van der Waals surface area contributed by atoms with E-state index in [1.807, 2.05) is 11.8 Å². The standard InChI is InChI=1S/C7H11N3OS2/c8-6-9-10-7(13-6)11-5-1-3-12-4-2-5/h5H,1-4H2,(H2,8,9). The topological polar surface area (TPSA) is 61.0 Å². The van der Waals surface area contributed by atoms with E-state index < -0.39 is 0 Å². The molecule has 0 aromatic carbocycles. The van der Waals surface area contributed by atoms with Crippen LogP contribution >= 0.6 is 23.1 Å². The van der Waals surface area contributed by atoms with Crippen LogP contribution in [0, 0.1) is 0 Å². The Bertz CT molecular complexity index is 272. The van der Waals surface area contributed by atoms with Gasteiger partial charge in [0.25, 0.3) is 5.19 Å². The lowest BCUT2D eigenvalue weighted by Gasteiger charge is -2.20. The van der Waals surface area contributed by atoms with Gasteiger partial charge in [-0.2, -0.15) is 11.8 Å². The van der Waals surface area contributed by atoms with Gasteiger partial charge >= 0.3 is 0 Å². The van der Waals surface area contributed by atoms with Gasteiger partial charge in [-0.15, -0.1) is 5.10 Å². The Morgan fingerprint density at radius 3 is 2.69 bits per heavy atom. The molecule has 0 bridgehead atoms. The number of nitrogens with zero attached hydrogens (tertiary/aromatic N) is 2. The molecule has 0 saturated carbocycles. The van der Waals surface area contributed by atoms with Gasteiger partial charge in [0, 0.05) is 0 Å². The average Bonchev–Trinajstić information content (AvgIpc) is 2.53. The summed E-state index contributed by atoms with van der Waals surface area (Å²) in [5.41, 5.74) is 5.44. The Labute approximate surface area is 84.9 Å². The van der Waals surface area contributed by atoms with E-state index in [1.165, 1.54) is 22.8 Å². The van der Waals surface area contributed by atoms with Crippen LogP contribution in [0.5, 0.6) is 5.19 Å². The molecule has 0 unspecified atom stereocenters. The number of hydrogen-bond donors (Lipinski definition) is 1. The van der Waals surface area contributed by atoms with Crippen molar-refractivity contribution in [2.45, 2.75) is 18.9 Å². The lowest BCUT2D eigenvalue weighted by molar-refractivity contribution is 0.190. The van der Waals surface area contributed by atoms with Crippen LogP contribution in [-0.4, -0.2) is 27.8 Å². The number of rotatable bonds is 2. The minimum atomic E-state index is 0.314. The van der Waals surface area contributed by atoms with Crippen molar-refractivity contribution in [3.8, 4) is 5.19 Å². The third-order valence-electron chi connectivity index (χ3n) is 1.86. The average molecular weight is 217 g/mol. The van der Waals surface area contributed by atoms with Gasteiger partial charge in [0.1, 0.15) is 6.10 Å². The van der Waals surface area contributed by atoms with E-state index in [2.05, 4.69) is 10.2 Å². The van der Waals surface area contributed by atoms with Gasteiger partial charge in [0.15, 0.2) is 0 Å². The molecule has 1 aliphatic heterocycles. The molecule has 2 heterocycles. The smallest absolute Gasteiger partial charge is 0.296 e. The van der Waals surface area contributed by atoms with Crippen LogP contribution in [0.2, 0.25) is 0 Å². The SMILES string of the molecule is Nc1nnc(OC2CCSCC2)s1. The van der Waals surface area contributed by atoms with Crippen molar-refractivity contribution < 1.29 is 4.74 Å². The Kier molecular flexibility index (Phi) is 2.90. The summed E-state index contributed by atoms with van der Waals surface area (Å²) in [5, 5.41) is 8.60.